The van der Waals surface area contributed by atoms with Crippen molar-refractivity contribution in [1.29, 1.82) is 0 Å². The quantitative estimate of drug-likeness (QED) is 0.560. The topological polar surface area (TPSA) is 26.0 Å². The Morgan fingerprint density at radius 2 is 1.60 bits per heavy atom. The Bertz CT molecular complexity index is 333. The normalized spacial score (nSPS) is 15.8. The van der Waals surface area contributed by atoms with Crippen LogP contribution in [0.5, 0.6) is 0 Å². The fraction of sp³-hybridized carbons (Fsp3) is 0.684. The molecule has 0 aliphatic heterocycles. The molecule has 1 aromatic rings. The summed E-state index contributed by atoms with van der Waals surface area (Å²) in [6.07, 6.45) is 9.01. The predicted octanol–water partition coefficient (Wildman–Crippen LogP) is 5.50. The highest BCUT2D eigenvalue weighted by Crippen LogP contribution is 2.31. The van der Waals surface area contributed by atoms with Gasteiger partial charge in [-0.15, -0.1) is 0 Å². The highest BCUT2D eigenvalue weighted by atomic mass is 14.7. The average molecular weight is 275 g/mol. The lowest BCUT2D eigenvalue weighted by Crippen LogP contribution is -2.32. The Hall–Kier alpha value is -0.820. The lowest BCUT2D eigenvalue weighted by atomic mass is 9.79. The van der Waals surface area contributed by atoms with Crippen LogP contribution in [0.2, 0.25) is 0 Å². The molecular formula is C19H33N. The smallest absolute Gasteiger partial charge is 0.0110 e. The second-order valence-electron chi connectivity index (χ2n) is 6.19. The SMILES string of the molecule is CCCCCCCC(N)C(c1ccccc1)C(C)CC. The van der Waals surface area contributed by atoms with Gasteiger partial charge in [-0.25, -0.2) is 0 Å². The number of rotatable bonds is 10. The van der Waals surface area contributed by atoms with E-state index in [1.54, 1.807) is 0 Å². The monoisotopic (exact) mass is 275 g/mol. The van der Waals surface area contributed by atoms with Crippen LogP contribution in [0.4, 0.5) is 0 Å². The van der Waals surface area contributed by atoms with E-state index in [4.69, 9.17) is 5.73 Å². The van der Waals surface area contributed by atoms with E-state index in [2.05, 4.69) is 51.1 Å². The number of benzene rings is 1. The van der Waals surface area contributed by atoms with Crippen molar-refractivity contribution in [3.05, 3.63) is 35.9 Å². The number of hydrogen-bond acceptors (Lipinski definition) is 1. The first-order valence-electron chi connectivity index (χ1n) is 8.51. The summed E-state index contributed by atoms with van der Waals surface area (Å²) >= 11 is 0. The number of nitrogens with two attached hydrogens (primary N) is 1. The van der Waals surface area contributed by atoms with Crippen LogP contribution in [0.15, 0.2) is 30.3 Å². The minimum Gasteiger partial charge on any atom is -0.327 e. The van der Waals surface area contributed by atoms with Crippen LogP contribution in [0.1, 0.15) is 77.2 Å². The van der Waals surface area contributed by atoms with Crippen LogP contribution >= 0.6 is 0 Å². The fourth-order valence-electron chi connectivity index (χ4n) is 3.09. The van der Waals surface area contributed by atoms with Gasteiger partial charge in [0.05, 0.1) is 0 Å². The molecule has 114 valence electrons. The molecule has 0 saturated carbocycles. The summed E-state index contributed by atoms with van der Waals surface area (Å²) in [6.45, 7) is 6.88. The lowest BCUT2D eigenvalue weighted by molar-refractivity contribution is 0.360. The highest BCUT2D eigenvalue weighted by Gasteiger charge is 2.24. The highest BCUT2D eigenvalue weighted by molar-refractivity contribution is 5.22. The van der Waals surface area contributed by atoms with E-state index in [1.807, 2.05) is 0 Å². The summed E-state index contributed by atoms with van der Waals surface area (Å²) in [5, 5.41) is 0. The van der Waals surface area contributed by atoms with Gasteiger partial charge in [0.1, 0.15) is 0 Å². The van der Waals surface area contributed by atoms with Gasteiger partial charge in [-0.3, -0.25) is 0 Å². The van der Waals surface area contributed by atoms with Gasteiger partial charge >= 0.3 is 0 Å². The van der Waals surface area contributed by atoms with Crippen LogP contribution in [0.25, 0.3) is 0 Å². The Balaban J connectivity index is 2.55. The van der Waals surface area contributed by atoms with Crippen molar-refractivity contribution >= 4 is 0 Å². The molecule has 3 atom stereocenters. The summed E-state index contributed by atoms with van der Waals surface area (Å²) in [4.78, 5) is 0. The second kappa shape index (κ2) is 9.99. The zero-order valence-corrected chi connectivity index (χ0v) is 13.6. The van der Waals surface area contributed by atoms with Gasteiger partial charge in [0.15, 0.2) is 0 Å². The van der Waals surface area contributed by atoms with E-state index in [0.717, 1.165) is 6.42 Å². The van der Waals surface area contributed by atoms with Gasteiger partial charge in [-0.1, -0.05) is 89.6 Å². The minimum atomic E-state index is 0.300. The zero-order chi connectivity index (χ0) is 14.8. The largest absolute Gasteiger partial charge is 0.327 e. The Morgan fingerprint density at radius 1 is 0.950 bits per heavy atom. The van der Waals surface area contributed by atoms with E-state index in [1.165, 1.54) is 44.1 Å². The van der Waals surface area contributed by atoms with Gasteiger partial charge in [-0.2, -0.15) is 0 Å². The summed E-state index contributed by atoms with van der Waals surface area (Å²) < 4.78 is 0. The van der Waals surface area contributed by atoms with Crippen molar-refractivity contribution in [3.8, 4) is 0 Å². The summed E-state index contributed by atoms with van der Waals surface area (Å²) in [7, 11) is 0. The van der Waals surface area contributed by atoms with Crippen molar-refractivity contribution in [2.75, 3.05) is 0 Å². The average Bonchev–Trinajstić information content (AvgIpc) is 2.48. The lowest BCUT2D eigenvalue weighted by Gasteiger charge is -2.29. The summed E-state index contributed by atoms with van der Waals surface area (Å²) in [6, 6.07) is 11.2. The number of hydrogen-bond donors (Lipinski definition) is 1. The van der Waals surface area contributed by atoms with Gasteiger partial charge in [0.25, 0.3) is 0 Å². The van der Waals surface area contributed by atoms with E-state index < -0.39 is 0 Å². The molecule has 0 spiro atoms. The second-order valence-corrected chi connectivity index (χ2v) is 6.19. The van der Waals surface area contributed by atoms with Crippen LogP contribution in [0, 0.1) is 5.92 Å². The van der Waals surface area contributed by atoms with Gasteiger partial charge < -0.3 is 5.73 Å². The van der Waals surface area contributed by atoms with E-state index in [9.17, 15) is 0 Å². The maximum absolute atomic E-state index is 6.54. The molecule has 0 aliphatic carbocycles. The third-order valence-corrected chi connectivity index (χ3v) is 4.54. The molecule has 0 saturated heterocycles. The molecule has 3 unspecified atom stereocenters. The molecule has 1 nitrogen and oxygen atoms in total. The van der Waals surface area contributed by atoms with E-state index in [-0.39, 0.29) is 0 Å². The molecule has 0 fully saturated rings. The summed E-state index contributed by atoms with van der Waals surface area (Å²) in [5.41, 5.74) is 7.96. The maximum Gasteiger partial charge on any atom is 0.0110 e. The molecule has 1 heteroatoms. The standard InChI is InChI=1S/C19H33N/c1-4-6-7-8-12-15-18(20)19(16(3)5-2)17-13-10-9-11-14-17/h9-11,13-14,16,18-19H,4-8,12,15,20H2,1-3H3. The first-order chi connectivity index (χ1) is 9.70. The molecule has 20 heavy (non-hydrogen) atoms. The van der Waals surface area contributed by atoms with E-state index in [0.29, 0.717) is 17.9 Å². The summed E-state index contributed by atoms with van der Waals surface area (Å²) in [5.74, 6) is 1.16. The molecule has 2 N–H and O–H groups in total. The third-order valence-electron chi connectivity index (χ3n) is 4.54. The van der Waals surface area contributed by atoms with Crippen LogP contribution in [-0.4, -0.2) is 6.04 Å². The first-order valence-corrected chi connectivity index (χ1v) is 8.51. The van der Waals surface area contributed by atoms with Crippen LogP contribution in [-0.2, 0) is 0 Å². The van der Waals surface area contributed by atoms with Crippen LogP contribution < -0.4 is 5.73 Å². The van der Waals surface area contributed by atoms with Crippen molar-refractivity contribution in [1.82, 2.24) is 0 Å². The predicted molar refractivity (Wildman–Crippen MR) is 90.0 cm³/mol. The van der Waals surface area contributed by atoms with Gasteiger partial charge in [0, 0.05) is 12.0 Å². The Morgan fingerprint density at radius 3 is 2.20 bits per heavy atom. The van der Waals surface area contributed by atoms with Crippen molar-refractivity contribution < 1.29 is 0 Å². The van der Waals surface area contributed by atoms with Crippen molar-refractivity contribution in [3.63, 3.8) is 0 Å². The van der Waals surface area contributed by atoms with E-state index >= 15 is 0 Å². The Labute approximate surface area is 126 Å². The molecule has 1 rings (SSSR count). The minimum absolute atomic E-state index is 0.300. The van der Waals surface area contributed by atoms with Crippen molar-refractivity contribution in [2.45, 2.75) is 77.7 Å². The van der Waals surface area contributed by atoms with Gasteiger partial charge in [-0.05, 0) is 17.9 Å². The fourth-order valence-corrected chi connectivity index (χ4v) is 3.09. The molecule has 0 bridgehead atoms. The maximum atomic E-state index is 6.54. The molecular weight excluding hydrogens is 242 g/mol. The first kappa shape index (κ1) is 17.2. The Kier molecular flexibility index (Phi) is 8.60. The van der Waals surface area contributed by atoms with Gasteiger partial charge in [0.2, 0.25) is 0 Å². The van der Waals surface area contributed by atoms with Crippen LogP contribution in [0.3, 0.4) is 0 Å². The molecule has 1 aromatic carbocycles. The molecule has 0 aromatic heterocycles. The zero-order valence-electron chi connectivity index (χ0n) is 13.6. The van der Waals surface area contributed by atoms with Crippen molar-refractivity contribution in [2.24, 2.45) is 11.7 Å². The number of unbranched alkanes of at least 4 members (excludes halogenated alkanes) is 4. The molecule has 0 amide bonds. The molecule has 0 radical (unpaired) electrons. The molecule has 0 heterocycles. The molecule has 0 aliphatic rings. The third kappa shape index (κ3) is 5.66.